The summed E-state index contributed by atoms with van der Waals surface area (Å²) < 4.78 is 21.6. The van der Waals surface area contributed by atoms with Crippen LogP contribution in [0, 0.1) is 0 Å². The van der Waals surface area contributed by atoms with Crippen LogP contribution in [-0.4, -0.2) is 50.9 Å². The average molecular weight is 204 g/mol. The van der Waals surface area contributed by atoms with Crippen LogP contribution in [-0.2, 0) is 10.0 Å². The Balaban J connectivity index is 0. The summed E-state index contributed by atoms with van der Waals surface area (Å²) in [5, 5.41) is 8.49. The van der Waals surface area contributed by atoms with Gasteiger partial charge >= 0.3 is 0 Å². The van der Waals surface area contributed by atoms with Gasteiger partial charge in [-0.2, -0.15) is 8.42 Å². The van der Waals surface area contributed by atoms with Crippen molar-refractivity contribution in [2.24, 2.45) is 0 Å². The second-order valence-corrected chi connectivity index (χ2v) is 5.21. The number of likely N-dealkylation sites (N-methyl/N-ethyl adjacent to an activating group) is 1. The van der Waals surface area contributed by atoms with Gasteiger partial charge in [-0.05, 0) is 0 Å². The number of nitrogens with zero attached hydrogens (tertiary/aromatic N) is 1. The van der Waals surface area contributed by atoms with Crippen molar-refractivity contribution >= 4 is 10.0 Å². The van der Waals surface area contributed by atoms with Crippen molar-refractivity contribution < 1.29 is 29.8 Å². The van der Waals surface area contributed by atoms with Gasteiger partial charge in [0.15, 0.2) is 0 Å². The number of halogens is 1. The first-order valence-corrected chi connectivity index (χ1v) is 4.80. The first-order chi connectivity index (χ1) is 4.31. The van der Waals surface area contributed by atoms with E-state index in [2.05, 4.69) is 0 Å². The maximum absolute atomic E-state index is 10.9. The summed E-state index contributed by atoms with van der Waals surface area (Å²) in [5.41, 5.74) is 0. The quantitative estimate of drug-likeness (QED) is 0.476. The molecule has 0 heterocycles. The summed E-state index contributed by atoms with van der Waals surface area (Å²) in [6.07, 6.45) is 1.16. The molecule has 0 saturated heterocycles. The molecule has 0 spiro atoms. The van der Waals surface area contributed by atoms with Crippen molar-refractivity contribution in [2.45, 2.75) is 0 Å². The maximum Gasteiger partial charge on any atom is 0.293 e. The van der Waals surface area contributed by atoms with Crippen LogP contribution < -0.4 is 12.4 Å². The number of quaternary nitrogens is 1. The van der Waals surface area contributed by atoms with Crippen LogP contribution in [0.1, 0.15) is 0 Å². The molecule has 6 heteroatoms. The summed E-state index contributed by atoms with van der Waals surface area (Å²) in [5.74, 6) is 0. The molecule has 4 nitrogen and oxygen atoms in total. The Morgan fingerprint density at radius 3 is 1.82 bits per heavy atom. The topological polar surface area (TPSA) is 54.4 Å². The van der Waals surface area contributed by atoms with Crippen molar-refractivity contribution in [3.63, 3.8) is 0 Å². The monoisotopic (exact) mass is 203 g/mol. The molecule has 1 N–H and O–H groups in total. The SMILES string of the molecule is C[N+](C)(CCO)S(C)(=O)=O.[Cl-]. The van der Waals surface area contributed by atoms with Crippen LogP contribution >= 0.6 is 0 Å². The van der Waals surface area contributed by atoms with Gasteiger partial charge in [0, 0.05) is 0 Å². The number of aliphatic hydroxyl groups is 1. The molecule has 0 unspecified atom stereocenters. The van der Waals surface area contributed by atoms with E-state index in [1.807, 2.05) is 0 Å². The molecular weight excluding hydrogens is 190 g/mol. The largest absolute Gasteiger partial charge is 1.00 e. The lowest BCUT2D eigenvalue weighted by atomic mass is 10.6. The summed E-state index contributed by atoms with van der Waals surface area (Å²) in [6, 6.07) is 0. The lowest BCUT2D eigenvalue weighted by Gasteiger charge is -2.25. The normalized spacial score (nSPS) is 12.4. The van der Waals surface area contributed by atoms with E-state index >= 15 is 0 Å². The fourth-order valence-corrected chi connectivity index (χ4v) is 0.820. The third kappa shape index (κ3) is 3.91. The van der Waals surface area contributed by atoms with Crippen molar-refractivity contribution in [1.82, 2.24) is 0 Å². The van der Waals surface area contributed by atoms with Gasteiger partial charge in [0.25, 0.3) is 10.0 Å². The maximum atomic E-state index is 10.9. The lowest BCUT2D eigenvalue weighted by Crippen LogP contribution is -3.00. The summed E-state index contributed by atoms with van der Waals surface area (Å²) in [6.45, 7) is 0.124. The van der Waals surface area contributed by atoms with E-state index in [4.69, 9.17) is 5.11 Å². The Morgan fingerprint density at radius 2 is 1.73 bits per heavy atom. The Bertz CT molecular complexity index is 200. The fourth-order valence-electron chi connectivity index (χ4n) is 0.407. The molecule has 0 aliphatic carbocycles. The van der Waals surface area contributed by atoms with E-state index in [0.717, 1.165) is 6.26 Å². The second kappa shape index (κ2) is 4.25. The van der Waals surface area contributed by atoms with E-state index < -0.39 is 10.0 Å². The van der Waals surface area contributed by atoms with E-state index in [1.54, 1.807) is 14.1 Å². The highest BCUT2D eigenvalue weighted by molar-refractivity contribution is 7.85. The predicted octanol–water partition coefficient (Wildman–Crippen LogP) is -3.98. The first-order valence-electron chi connectivity index (χ1n) is 2.95. The molecule has 0 radical (unpaired) electrons. The second-order valence-electron chi connectivity index (χ2n) is 2.75. The summed E-state index contributed by atoms with van der Waals surface area (Å²) in [4.78, 5) is 0. The molecule has 0 amide bonds. The van der Waals surface area contributed by atoms with Crippen LogP contribution in [0.15, 0.2) is 0 Å². The molecule has 0 aromatic heterocycles. The molecule has 0 saturated carbocycles. The third-order valence-corrected chi connectivity index (χ3v) is 3.51. The molecule has 70 valence electrons. The zero-order valence-corrected chi connectivity index (χ0v) is 8.48. The molecule has 0 aromatic carbocycles. The van der Waals surface area contributed by atoms with E-state index in [-0.39, 0.29) is 29.4 Å². The molecule has 0 atom stereocenters. The number of hydrogen-bond donors (Lipinski definition) is 1. The summed E-state index contributed by atoms with van der Waals surface area (Å²) >= 11 is 0. The Labute approximate surface area is 73.9 Å². The smallest absolute Gasteiger partial charge is 0.293 e. The molecule has 0 aliphatic rings. The Morgan fingerprint density at radius 1 is 1.36 bits per heavy atom. The van der Waals surface area contributed by atoms with Gasteiger partial charge in [0.2, 0.25) is 0 Å². The number of sulfonamides is 1. The summed E-state index contributed by atoms with van der Waals surface area (Å²) in [7, 11) is 0.00734. The zero-order valence-electron chi connectivity index (χ0n) is 6.91. The van der Waals surface area contributed by atoms with Gasteiger partial charge in [-0.25, -0.2) is 3.89 Å². The molecule has 0 aliphatic heterocycles. The Hall–Kier alpha value is 0.160. The Kier molecular flexibility index (Phi) is 5.31. The van der Waals surface area contributed by atoms with Gasteiger partial charge in [-0.3, -0.25) is 0 Å². The van der Waals surface area contributed by atoms with E-state index in [0.29, 0.717) is 0 Å². The van der Waals surface area contributed by atoms with Gasteiger partial charge in [0.05, 0.1) is 27.0 Å². The highest BCUT2D eigenvalue weighted by Crippen LogP contribution is 2.03. The molecule has 0 bridgehead atoms. The third-order valence-electron chi connectivity index (χ3n) is 1.54. The number of aliphatic hydroxyl groups excluding tert-OH is 1. The van der Waals surface area contributed by atoms with Crippen LogP contribution in [0.2, 0.25) is 0 Å². The molecule has 0 fully saturated rings. The highest BCUT2D eigenvalue weighted by atomic mass is 35.5. The minimum absolute atomic E-state index is 0. The van der Waals surface area contributed by atoms with Gasteiger partial charge in [0.1, 0.15) is 6.54 Å². The number of hydrogen-bond acceptors (Lipinski definition) is 3. The molecular formula is C5H14ClNO3S. The lowest BCUT2D eigenvalue weighted by molar-refractivity contribution is -0.762. The highest BCUT2D eigenvalue weighted by Gasteiger charge is 2.26. The standard InChI is InChI=1S/C5H14NO3S.ClH/c1-6(2,4-5-7)10(3,8)9;/h7H,4-5H2,1-3H3;1H/q+1;/p-1. The minimum atomic E-state index is -3.09. The van der Waals surface area contributed by atoms with Crippen LogP contribution in [0.5, 0.6) is 0 Å². The van der Waals surface area contributed by atoms with Crippen molar-refractivity contribution in [3.8, 4) is 0 Å². The van der Waals surface area contributed by atoms with Gasteiger partial charge in [-0.1, -0.05) is 0 Å². The van der Waals surface area contributed by atoms with Crippen LogP contribution in [0.4, 0.5) is 0 Å². The molecule has 11 heavy (non-hydrogen) atoms. The van der Waals surface area contributed by atoms with Crippen molar-refractivity contribution in [1.29, 1.82) is 0 Å². The predicted molar refractivity (Wildman–Crippen MR) is 38.9 cm³/mol. The first kappa shape index (κ1) is 13.7. The minimum Gasteiger partial charge on any atom is -1.00 e. The van der Waals surface area contributed by atoms with Gasteiger partial charge < -0.3 is 17.5 Å². The van der Waals surface area contributed by atoms with Crippen LogP contribution in [0.3, 0.4) is 0 Å². The molecule has 0 rings (SSSR count). The fraction of sp³-hybridized carbons (Fsp3) is 1.00. The van der Waals surface area contributed by atoms with E-state index in [9.17, 15) is 8.42 Å². The van der Waals surface area contributed by atoms with Gasteiger partial charge in [-0.15, -0.1) is 0 Å². The van der Waals surface area contributed by atoms with Crippen LogP contribution in [0.25, 0.3) is 0 Å². The van der Waals surface area contributed by atoms with Crippen molar-refractivity contribution in [2.75, 3.05) is 33.5 Å². The zero-order chi connectivity index (χ0) is 8.41. The van der Waals surface area contributed by atoms with Crippen molar-refractivity contribution in [3.05, 3.63) is 0 Å². The number of rotatable bonds is 3. The molecule has 0 aromatic rings. The van der Waals surface area contributed by atoms with E-state index in [1.165, 1.54) is 0 Å². The average Bonchev–Trinajstić information content (AvgIpc) is 1.61.